The van der Waals surface area contributed by atoms with Crippen molar-refractivity contribution >= 4 is 34.2 Å². The quantitative estimate of drug-likeness (QED) is 0.306. The first-order chi connectivity index (χ1) is 15.6. The molecular weight excluding hydrogens is 424 g/mol. The van der Waals surface area contributed by atoms with Crippen LogP contribution in [-0.2, 0) is 4.74 Å². The summed E-state index contributed by atoms with van der Waals surface area (Å²) in [6, 6.07) is 10.7. The van der Waals surface area contributed by atoms with Crippen LogP contribution in [0.15, 0.2) is 36.4 Å². The first kappa shape index (κ1) is 22.4. The standard InChI is InChI=1S/C23H28N6O4/c1-23(2,3)33-22(30)25-15-8-10-28(11-9-15)16-5-7-18-19(13-16)27-21(26-18)14-4-6-17(24)20(12-14)29(31)32/h4-7,12-13,15H,8-11,24H2,1-3H3,(H,25,30)(H,26,27). The van der Waals surface area contributed by atoms with E-state index >= 15 is 0 Å². The number of carbonyl (C=O) groups excluding carboxylic acids is 1. The number of benzene rings is 2. The number of aromatic amines is 1. The van der Waals surface area contributed by atoms with Gasteiger partial charge < -0.3 is 25.7 Å². The largest absolute Gasteiger partial charge is 0.444 e. The summed E-state index contributed by atoms with van der Waals surface area (Å²) in [5, 5.41) is 14.2. The van der Waals surface area contributed by atoms with Gasteiger partial charge in [0.25, 0.3) is 5.69 Å². The third kappa shape index (κ3) is 5.16. The van der Waals surface area contributed by atoms with Gasteiger partial charge in [-0.15, -0.1) is 0 Å². The van der Waals surface area contributed by atoms with Crippen molar-refractivity contribution in [2.24, 2.45) is 0 Å². The normalized spacial score (nSPS) is 14.9. The molecule has 10 heteroatoms. The predicted octanol–water partition coefficient (Wildman–Crippen LogP) is 4.21. The number of alkyl carbamates (subject to hydrolysis) is 1. The molecule has 0 atom stereocenters. The van der Waals surface area contributed by atoms with Crippen molar-refractivity contribution in [3.8, 4) is 11.4 Å². The van der Waals surface area contributed by atoms with Crippen molar-refractivity contribution < 1.29 is 14.5 Å². The van der Waals surface area contributed by atoms with Crippen molar-refractivity contribution in [1.29, 1.82) is 0 Å². The van der Waals surface area contributed by atoms with Crippen molar-refractivity contribution in [3.05, 3.63) is 46.5 Å². The fourth-order valence-corrected chi connectivity index (χ4v) is 3.94. The minimum Gasteiger partial charge on any atom is -0.444 e. The number of carbonyl (C=O) groups is 1. The van der Waals surface area contributed by atoms with Crippen LogP contribution in [0.2, 0.25) is 0 Å². The monoisotopic (exact) mass is 452 g/mol. The molecule has 1 fully saturated rings. The molecule has 0 spiro atoms. The van der Waals surface area contributed by atoms with E-state index in [1.54, 1.807) is 6.07 Å². The Morgan fingerprint density at radius 1 is 1.24 bits per heavy atom. The van der Waals surface area contributed by atoms with E-state index in [0.717, 1.165) is 42.7 Å². The molecule has 2 aromatic carbocycles. The summed E-state index contributed by atoms with van der Waals surface area (Å²) in [5.74, 6) is 0.547. The Morgan fingerprint density at radius 3 is 2.64 bits per heavy atom. The van der Waals surface area contributed by atoms with Gasteiger partial charge in [0, 0.05) is 36.4 Å². The van der Waals surface area contributed by atoms with Crippen LogP contribution in [0.4, 0.5) is 21.9 Å². The molecule has 174 valence electrons. The van der Waals surface area contributed by atoms with Crippen LogP contribution in [0.1, 0.15) is 33.6 Å². The van der Waals surface area contributed by atoms with Gasteiger partial charge in [-0.1, -0.05) is 0 Å². The Kier molecular flexibility index (Phi) is 5.84. The number of ether oxygens (including phenoxy) is 1. The Balaban J connectivity index is 1.45. The van der Waals surface area contributed by atoms with Crippen LogP contribution < -0.4 is 16.0 Å². The van der Waals surface area contributed by atoms with Crippen LogP contribution in [0.3, 0.4) is 0 Å². The highest BCUT2D eigenvalue weighted by Crippen LogP contribution is 2.30. The zero-order valence-electron chi connectivity index (χ0n) is 18.9. The topological polar surface area (TPSA) is 139 Å². The van der Waals surface area contributed by atoms with Gasteiger partial charge in [-0.05, 0) is 63.9 Å². The number of fused-ring (bicyclic) bond motifs is 1. The SMILES string of the molecule is CC(C)(C)OC(=O)NC1CCN(c2ccc3nc(-c4ccc(N)c([N+](=O)[O-])c4)[nH]c3c2)CC1. The minimum absolute atomic E-state index is 0.0832. The number of hydrogen-bond donors (Lipinski definition) is 3. The Morgan fingerprint density at radius 2 is 1.97 bits per heavy atom. The van der Waals surface area contributed by atoms with Gasteiger partial charge in [-0.2, -0.15) is 0 Å². The highest BCUT2D eigenvalue weighted by Gasteiger charge is 2.24. The van der Waals surface area contributed by atoms with Crippen LogP contribution in [0.25, 0.3) is 22.4 Å². The van der Waals surface area contributed by atoms with Crippen LogP contribution in [0.5, 0.6) is 0 Å². The summed E-state index contributed by atoms with van der Waals surface area (Å²) in [6.45, 7) is 7.15. The molecule has 3 aromatic rings. The number of aromatic nitrogens is 2. The van der Waals surface area contributed by atoms with E-state index in [-0.39, 0.29) is 23.5 Å². The lowest BCUT2D eigenvalue weighted by atomic mass is 10.0. The van der Waals surface area contributed by atoms with Crippen LogP contribution in [-0.4, -0.2) is 45.7 Å². The number of nitrogens with two attached hydrogens (primary N) is 1. The zero-order chi connectivity index (χ0) is 23.8. The van der Waals surface area contributed by atoms with Gasteiger partial charge in [0.1, 0.15) is 17.1 Å². The molecular formula is C23H28N6O4. The van der Waals surface area contributed by atoms with E-state index in [9.17, 15) is 14.9 Å². The number of anilines is 2. The molecule has 0 radical (unpaired) electrons. The molecule has 1 amide bonds. The summed E-state index contributed by atoms with van der Waals surface area (Å²) in [4.78, 5) is 32.8. The third-order valence-electron chi connectivity index (χ3n) is 5.55. The molecule has 0 saturated carbocycles. The second-order valence-electron chi connectivity index (χ2n) is 9.23. The second-order valence-corrected chi connectivity index (χ2v) is 9.23. The van der Waals surface area contributed by atoms with E-state index < -0.39 is 10.5 Å². The first-order valence-corrected chi connectivity index (χ1v) is 10.9. The van der Waals surface area contributed by atoms with E-state index in [1.165, 1.54) is 12.1 Å². The summed E-state index contributed by atoms with van der Waals surface area (Å²) >= 11 is 0. The Bertz CT molecular complexity index is 1190. The fraction of sp³-hybridized carbons (Fsp3) is 0.391. The average molecular weight is 453 g/mol. The molecule has 0 bridgehead atoms. The van der Waals surface area contributed by atoms with E-state index in [1.807, 2.05) is 39.0 Å². The Hall–Kier alpha value is -3.82. The molecule has 1 aromatic heterocycles. The number of nitrogen functional groups attached to an aromatic ring is 1. The number of nitro groups is 1. The molecule has 2 heterocycles. The van der Waals surface area contributed by atoms with Gasteiger partial charge >= 0.3 is 6.09 Å². The zero-order valence-corrected chi connectivity index (χ0v) is 18.9. The van der Waals surface area contributed by atoms with Crippen molar-refractivity contribution in [3.63, 3.8) is 0 Å². The lowest BCUT2D eigenvalue weighted by molar-refractivity contribution is -0.383. The number of amides is 1. The molecule has 10 nitrogen and oxygen atoms in total. The lowest BCUT2D eigenvalue weighted by Crippen LogP contribution is -2.46. The molecule has 1 saturated heterocycles. The number of piperidine rings is 1. The molecule has 0 unspecified atom stereocenters. The smallest absolute Gasteiger partial charge is 0.407 e. The maximum absolute atomic E-state index is 12.0. The molecule has 4 N–H and O–H groups in total. The maximum atomic E-state index is 12.0. The number of nitro benzene ring substituents is 1. The van der Waals surface area contributed by atoms with Gasteiger partial charge in [0.2, 0.25) is 0 Å². The van der Waals surface area contributed by atoms with Gasteiger partial charge in [0.05, 0.1) is 16.0 Å². The average Bonchev–Trinajstić information content (AvgIpc) is 3.16. The number of rotatable bonds is 4. The van der Waals surface area contributed by atoms with Crippen molar-refractivity contribution in [2.75, 3.05) is 23.7 Å². The number of nitrogens with zero attached hydrogens (tertiary/aromatic N) is 3. The van der Waals surface area contributed by atoms with E-state index in [4.69, 9.17) is 10.5 Å². The highest BCUT2D eigenvalue weighted by atomic mass is 16.6. The minimum atomic E-state index is -0.513. The molecule has 0 aliphatic carbocycles. The van der Waals surface area contributed by atoms with Gasteiger partial charge in [-0.3, -0.25) is 10.1 Å². The summed E-state index contributed by atoms with van der Waals surface area (Å²) in [7, 11) is 0. The van der Waals surface area contributed by atoms with Crippen molar-refractivity contribution in [2.45, 2.75) is 45.3 Å². The third-order valence-corrected chi connectivity index (χ3v) is 5.55. The fourth-order valence-electron chi connectivity index (χ4n) is 3.94. The summed E-state index contributed by atoms with van der Waals surface area (Å²) in [6.07, 6.45) is 1.26. The van der Waals surface area contributed by atoms with Crippen LogP contribution in [0, 0.1) is 10.1 Å². The van der Waals surface area contributed by atoms with Crippen LogP contribution >= 0.6 is 0 Å². The highest BCUT2D eigenvalue weighted by molar-refractivity contribution is 5.83. The van der Waals surface area contributed by atoms with E-state index in [0.29, 0.717) is 11.4 Å². The number of hydrogen-bond acceptors (Lipinski definition) is 7. The number of imidazole rings is 1. The lowest BCUT2D eigenvalue weighted by Gasteiger charge is -2.34. The van der Waals surface area contributed by atoms with E-state index in [2.05, 4.69) is 20.2 Å². The first-order valence-electron chi connectivity index (χ1n) is 10.9. The summed E-state index contributed by atoms with van der Waals surface area (Å²) < 4.78 is 5.35. The Labute approximate surface area is 191 Å². The molecule has 33 heavy (non-hydrogen) atoms. The molecule has 1 aliphatic rings. The summed E-state index contributed by atoms with van der Waals surface area (Å²) in [5.41, 5.74) is 8.43. The number of H-pyrrole nitrogens is 1. The second kappa shape index (κ2) is 8.61. The molecule has 1 aliphatic heterocycles. The van der Waals surface area contributed by atoms with Gasteiger partial charge in [0.15, 0.2) is 0 Å². The molecule has 4 rings (SSSR count). The predicted molar refractivity (Wildman–Crippen MR) is 127 cm³/mol. The maximum Gasteiger partial charge on any atom is 0.407 e. The van der Waals surface area contributed by atoms with Gasteiger partial charge in [-0.25, -0.2) is 9.78 Å². The number of nitrogens with one attached hydrogen (secondary N) is 2. The van der Waals surface area contributed by atoms with Crippen molar-refractivity contribution in [1.82, 2.24) is 15.3 Å².